The van der Waals surface area contributed by atoms with Crippen LogP contribution in [0.4, 0.5) is 18.9 Å². The lowest BCUT2D eigenvalue weighted by atomic mass is 10.1. The third kappa shape index (κ3) is 6.54. The van der Waals surface area contributed by atoms with Crippen LogP contribution in [0.5, 0.6) is 5.75 Å². The van der Waals surface area contributed by atoms with E-state index < -0.39 is 29.4 Å². The Morgan fingerprint density at radius 3 is 2.18 bits per heavy atom. The van der Waals surface area contributed by atoms with Crippen molar-refractivity contribution in [3.05, 3.63) is 91.4 Å². The minimum atomic E-state index is -4.73. The number of benzene rings is 3. The SMILES string of the molecule is O=C(Cc1ccc(Cl)cc1Cl)Oc1cc(C(F)(F)F)ccc1C(=O)Nc1cc(Cl)ccc1Cl. The van der Waals surface area contributed by atoms with Gasteiger partial charge in [-0.15, -0.1) is 0 Å². The molecule has 3 aromatic carbocycles. The lowest BCUT2D eigenvalue weighted by Crippen LogP contribution is -2.18. The summed E-state index contributed by atoms with van der Waals surface area (Å²) in [6.07, 6.45) is -5.10. The number of carbonyl (C=O) groups is 2. The molecule has 0 aromatic heterocycles. The lowest BCUT2D eigenvalue weighted by Gasteiger charge is -2.15. The van der Waals surface area contributed by atoms with E-state index in [1.807, 2.05) is 0 Å². The zero-order chi connectivity index (χ0) is 24.3. The van der Waals surface area contributed by atoms with Crippen LogP contribution in [0.3, 0.4) is 0 Å². The van der Waals surface area contributed by atoms with Crippen LogP contribution in [0, 0.1) is 0 Å². The van der Waals surface area contributed by atoms with Gasteiger partial charge in [0, 0.05) is 15.1 Å². The molecule has 0 spiro atoms. The van der Waals surface area contributed by atoms with E-state index in [2.05, 4.69) is 5.32 Å². The van der Waals surface area contributed by atoms with Crippen LogP contribution in [0.2, 0.25) is 20.1 Å². The highest BCUT2D eigenvalue weighted by Gasteiger charge is 2.32. The van der Waals surface area contributed by atoms with Gasteiger partial charge in [-0.1, -0.05) is 52.5 Å². The molecule has 3 rings (SSSR count). The fraction of sp³-hybridized carbons (Fsp3) is 0.0909. The first-order chi connectivity index (χ1) is 15.4. The molecule has 0 saturated carbocycles. The number of amides is 1. The Morgan fingerprint density at radius 2 is 1.52 bits per heavy atom. The van der Waals surface area contributed by atoms with Crippen LogP contribution >= 0.6 is 46.4 Å². The molecule has 4 nitrogen and oxygen atoms in total. The van der Waals surface area contributed by atoms with E-state index in [-0.39, 0.29) is 32.7 Å². The van der Waals surface area contributed by atoms with Crippen molar-refractivity contribution in [1.82, 2.24) is 0 Å². The molecule has 0 aliphatic rings. The second-order valence-electron chi connectivity index (χ2n) is 6.67. The van der Waals surface area contributed by atoms with Gasteiger partial charge in [0.1, 0.15) is 5.75 Å². The van der Waals surface area contributed by atoms with Crippen molar-refractivity contribution in [3.8, 4) is 5.75 Å². The molecular weight excluding hydrogens is 525 g/mol. The van der Waals surface area contributed by atoms with E-state index in [0.717, 1.165) is 6.07 Å². The molecule has 3 aromatic rings. The zero-order valence-corrected chi connectivity index (χ0v) is 19.3. The topological polar surface area (TPSA) is 55.4 Å². The number of carbonyl (C=O) groups excluding carboxylic acids is 2. The molecular formula is C22H12Cl4F3NO3. The number of hydrogen-bond acceptors (Lipinski definition) is 3. The maximum absolute atomic E-state index is 13.2. The largest absolute Gasteiger partial charge is 0.425 e. The molecule has 0 radical (unpaired) electrons. The van der Waals surface area contributed by atoms with Crippen LogP contribution < -0.4 is 10.1 Å². The Balaban J connectivity index is 1.91. The first-order valence-corrected chi connectivity index (χ1v) is 10.6. The predicted octanol–water partition coefficient (Wildman–Crippen LogP) is 7.72. The standard InChI is InChI=1S/C22H12Cl4F3NO3/c23-13-3-1-11(17(26)9-13)7-20(31)33-19-8-12(22(27,28)29)2-5-15(19)21(32)30-18-10-14(24)4-6-16(18)25/h1-6,8-10H,7H2,(H,30,32). The zero-order valence-electron chi connectivity index (χ0n) is 16.3. The summed E-state index contributed by atoms with van der Waals surface area (Å²) in [5.74, 6) is -2.39. The van der Waals surface area contributed by atoms with Crippen molar-refractivity contribution in [1.29, 1.82) is 0 Å². The second-order valence-corrected chi connectivity index (χ2v) is 8.36. The van der Waals surface area contributed by atoms with E-state index in [1.54, 1.807) is 0 Å². The van der Waals surface area contributed by atoms with Crippen LogP contribution in [-0.4, -0.2) is 11.9 Å². The number of alkyl halides is 3. The highest BCUT2D eigenvalue weighted by atomic mass is 35.5. The average molecular weight is 537 g/mol. The Bertz CT molecular complexity index is 1230. The van der Waals surface area contributed by atoms with Gasteiger partial charge in [-0.05, 0) is 54.1 Å². The van der Waals surface area contributed by atoms with Crippen molar-refractivity contribution in [2.45, 2.75) is 12.6 Å². The quantitative estimate of drug-likeness (QED) is 0.268. The molecule has 0 bridgehead atoms. The van der Waals surface area contributed by atoms with E-state index in [9.17, 15) is 22.8 Å². The number of halogens is 7. The van der Waals surface area contributed by atoms with Gasteiger partial charge < -0.3 is 10.1 Å². The summed E-state index contributed by atoms with van der Waals surface area (Å²) in [5, 5.41) is 3.38. The fourth-order valence-electron chi connectivity index (χ4n) is 2.73. The maximum atomic E-state index is 13.2. The normalized spacial score (nSPS) is 11.2. The Kier molecular flexibility index (Phi) is 7.80. The fourth-order valence-corrected chi connectivity index (χ4v) is 3.55. The van der Waals surface area contributed by atoms with Crippen molar-refractivity contribution in [3.63, 3.8) is 0 Å². The minimum Gasteiger partial charge on any atom is -0.425 e. The van der Waals surface area contributed by atoms with Gasteiger partial charge in [0.05, 0.1) is 28.3 Å². The Morgan fingerprint density at radius 1 is 0.848 bits per heavy atom. The van der Waals surface area contributed by atoms with Crippen LogP contribution in [0.1, 0.15) is 21.5 Å². The number of anilines is 1. The first-order valence-electron chi connectivity index (χ1n) is 9.06. The molecule has 1 amide bonds. The van der Waals surface area contributed by atoms with Gasteiger partial charge >= 0.3 is 12.1 Å². The summed E-state index contributed by atoms with van der Waals surface area (Å²) in [6, 6.07) is 10.8. The van der Waals surface area contributed by atoms with E-state index in [4.69, 9.17) is 51.1 Å². The van der Waals surface area contributed by atoms with E-state index in [1.165, 1.54) is 36.4 Å². The van der Waals surface area contributed by atoms with E-state index >= 15 is 0 Å². The third-order valence-corrected chi connectivity index (χ3v) is 5.46. The summed E-state index contributed by atoms with van der Waals surface area (Å²) >= 11 is 23.8. The monoisotopic (exact) mass is 535 g/mol. The van der Waals surface area contributed by atoms with Crippen molar-refractivity contribution in [2.75, 3.05) is 5.32 Å². The predicted molar refractivity (Wildman–Crippen MR) is 122 cm³/mol. The summed E-state index contributed by atoms with van der Waals surface area (Å²) < 4.78 is 44.8. The maximum Gasteiger partial charge on any atom is 0.416 e. The van der Waals surface area contributed by atoms with Gasteiger partial charge in [-0.3, -0.25) is 9.59 Å². The molecule has 33 heavy (non-hydrogen) atoms. The van der Waals surface area contributed by atoms with Crippen LogP contribution in [0.15, 0.2) is 54.6 Å². The summed E-state index contributed by atoms with van der Waals surface area (Å²) in [5.41, 5.74) is -0.962. The van der Waals surface area contributed by atoms with Crippen molar-refractivity contribution < 1.29 is 27.5 Å². The number of ether oxygens (including phenoxy) is 1. The van der Waals surface area contributed by atoms with Crippen LogP contribution in [0.25, 0.3) is 0 Å². The molecule has 0 fully saturated rings. The molecule has 1 N–H and O–H groups in total. The summed E-state index contributed by atoms with van der Waals surface area (Å²) in [6.45, 7) is 0. The number of rotatable bonds is 5. The van der Waals surface area contributed by atoms with Gasteiger partial charge in [-0.25, -0.2) is 0 Å². The van der Waals surface area contributed by atoms with Gasteiger partial charge in [0.2, 0.25) is 0 Å². The summed E-state index contributed by atoms with van der Waals surface area (Å²) in [4.78, 5) is 25.2. The number of nitrogens with one attached hydrogen (secondary N) is 1. The Labute approximate surface area is 206 Å². The minimum absolute atomic E-state index is 0.124. The van der Waals surface area contributed by atoms with E-state index in [0.29, 0.717) is 22.7 Å². The van der Waals surface area contributed by atoms with Crippen LogP contribution in [-0.2, 0) is 17.4 Å². The average Bonchev–Trinajstić information content (AvgIpc) is 2.72. The highest BCUT2D eigenvalue weighted by Crippen LogP contribution is 2.34. The molecule has 11 heteroatoms. The molecule has 172 valence electrons. The highest BCUT2D eigenvalue weighted by molar-refractivity contribution is 6.36. The molecule has 0 aliphatic heterocycles. The first kappa shape index (κ1) is 25.2. The smallest absolute Gasteiger partial charge is 0.416 e. The lowest BCUT2D eigenvalue weighted by molar-refractivity contribution is -0.139. The number of hydrogen-bond donors (Lipinski definition) is 1. The van der Waals surface area contributed by atoms with Gasteiger partial charge in [0.15, 0.2) is 0 Å². The number of esters is 1. The van der Waals surface area contributed by atoms with Gasteiger partial charge in [-0.2, -0.15) is 13.2 Å². The molecule has 0 unspecified atom stereocenters. The van der Waals surface area contributed by atoms with Crippen molar-refractivity contribution in [2.24, 2.45) is 0 Å². The molecule has 0 atom stereocenters. The molecule has 0 saturated heterocycles. The molecule has 0 heterocycles. The van der Waals surface area contributed by atoms with Gasteiger partial charge in [0.25, 0.3) is 5.91 Å². The second kappa shape index (κ2) is 10.2. The molecule has 0 aliphatic carbocycles. The van der Waals surface area contributed by atoms with Crippen molar-refractivity contribution >= 4 is 64.0 Å². The Hall–Kier alpha value is -2.45. The third-order valence-electron chi connectivity index (χ3n) is 4.30. The summed E-state index contributed by atoms with van der Waals surface area (Å²) in [7, 11) is 0.